The maximum Gasteiger partial charge on any atom is 0.0628 e. The van der Waals surface area contributed by atoms with Gasteiger partial charge in [-0.3, -0.25) is 4.68 Å². The van der Waals surface area contributed by atoms with Crippen molar-refractivity contribution in [3.05, 3.63) is 17.0 Å². The van der Waals surface area contributed by atoms with Crippen LogP contribution < -0.4 is 5.32 Å². The van der Waals surface area contributed by atoms with E-state index < -0.39 is 0 Å². The molecule has 0 amide bonds. The highest BCUT2D eigenvalue weighted by atomic mass is 15.3. The molecule has 0 aliphatic heterocycles. The molecule has 2 atom stereocenters. The van der Waals surface area contributed by atoms with Crippen LogP contribution in [0.4, 0.5) is 0 Å². The quantitative estimate of drug-likeness (QED) is 0.754. The molecule has 0 saturated carbocycles. The number of aryl methyl sites for hydroxylation is 1. The molecule has 0 aliphatic carbocycles. The Bertz CT molecular complexity index is 368. The van der Waals surface area contributed by atoms with E-state index in [1.54, 1.807) is 0 Å². The third-order valence-corrected chi connectivity index (χ3v) is 3.93. The van der Waals surface area contributed by atoms with Gasteiger partial charge in [-0.2, -0.15) is 5.10 Å². The summed E-state index contributed by atoms with van der Waals surface area (Å²) in [7, 11) is 0. The molecule has 3 heteroatoms. The van der Waals surface area contributed by atoms with Gasteiger partial charge in [0.1, 0.15) is 0 Å². The van der Waals surface area contributed by atoms with Crippen LogP contribution in [0, 0.1) is 19.8 Å². The van der Waals surface area contributed by atoms with Crippen molar-refractivity contribution < 1.29 is 0 Å². The molecular weight excluding hydrogens is 222 g/mol. The Morgan fingerprint density at radius 3 is 2.39 bits per heavy atom. The third-order valence-electron chi connectivity index (χ3n) is 3.93. The van der Waals surface area contributed by atoms with Crippen molar-refractivity contribution in [2.75, 3.05) is 13.1 Å². The van der Waals surface area contributed by atoms with Crippen LogP contribution in [0.15, 0.2) is 0 Å². The second kappa shape index (κ2) is 6.93. The molecule has 104 valence electrons. The summed E-state index contributed by atoms with van der Waals surface area (Å²) in [5.74, 6) is 0.597. The topological polar surface area (TPSA) is 29.9 Å². The molecule has 2 unspecified atom stereocenters. The van der Waals surface area contributed by atoms with Crippen molar-refractivity contribution in [2.45, 2.75) is 60.4 Å². The van der Waals surface area contributed by atoms with Gasteiger partial charge in [-0.1, -0.05) is 20.8 Å². The van der Waals surface area contributed by atoms with E-state index in [1.807, 2.05) is 0 Å². The van der Waals surface area contributed by atoms with Crippen molar-refractivity contribution in [2.24, 2.45) is 5.92 Å². The molecule has 0 aromatic carbocycles. The van der Waals surface area contributed by atoms with Gasteiger partial charge in [0.05, 0.1) is 11.7 Å². The minimum atomic E-state index is 0.452. The summed E-state index contributed by atoms with van der Waals surface area (Å²) in [6, 6.07) is 0.452. The Balaban J connectivity index is 2.74. The maximum absolute atomic E-state index is 4.72. The van der Waals surface area contributed by atoms with Gasteiger partial charge in [0.15, 0.2) is 0 Å². The van der Waals surface area contributed by atoms with Gasteiger partial charge in [0.2, 0.25) is 0 Å². The van der Waals surface area contributed by atoms with Crippen molar-refractivity contribution in [1.82, 2.24) is 15.1 Å². The summed E-state index contributed by atoms with van der Waals surface area (Å²) >= 11 is 0. The molecule has 0 spiro atoms. The number of aromatic nitrogens is 2. The van der Waals surface area contributed by atoms with Gasteiger partial charge in [-0.15, -0.1) is 0 Å². The molecule has 1 heterocycles. The zero-order chi connectivity index (χ0) is 13.7. The molecule has 1 N–H and O–H groups in total. The van der Waals surface area contributed by atoms with E-state index in [2.05, 4.69) is 51.5 Å². The predicted octanol–water partition coefficient (Wildman–Crippen LogP) is 3.26. The predicted molar refractivity (Wildman–Crippen MR) is 78.1 cm³/mol. The van der Waals surface area contributed by atoms with Gasteiger partial charge >= 0.3 is 0 Å². The normalized spacial score (nSPS) is 14.8. The fourth-order valence-electron chi connectivity index (χ4n) is 2.52. The molecule has 0 bridgehead atoms. The van der Waals surface area contributed by atoms with Gasteiger partial charge in [0.25, 0.3) is 0 Å². The minimum Gasteiger partial charge on any atom is -0.316 e. The molecular formula is C15H29N3. The minimum absolute atomic E-state index is 0.452. The Morgan fingerprint density at radius 1 is 1.22 bits per heavy atom. The molecule has 0 aliphatic rings. The second-order valence-corrected chi connectivity index (χ2v) is 5.37. The van der Waals surface area contributed by atoms with E-state index in [-0.39, 0.29) is 0 Å². The first-order chi connectivity index (χ1) is 8.52. The first kappa shape index (κ1) is 15.2. The second-order valence-electron chi connectivity index (χ2n) is 5.37. The maximum atomic E-state index is 4.72. The molecule has 1 rings (SSSR count). The fraction of sp³-hybridized carbons (Fsp3) is 0.800. The Morgan fingerprint density at radius 2 is 1.89 bits per heavy atom. The SMILES string of the molecule is CCCNCC(C)C(C)n1nc(C)c(CC)c1C. The van der Waals surface area contributed by atoms with Crippen LogP contribution >= 0.6 is 0 Å². The zero-order valence-corrected chi connectivity index (χ0v) is 12.9. The Hall–Kier alpha value is -0.830. The number of nitrogens with zero attached hydrogens (tertiary/aromatic N) is 2. The summed E-state index contributed by atoms with van der Waals surface area (Å²) in [4.78, 5) is 0. The Labute approximate surface area is 112 Å². The molecule has 0 fully saturated rings. The van der Waals surface area contributed by atoms with Gasteiger partial charge in [-0.05, 0) is 58.2 Å². The van der Waals surface area contributed by atoms with Crippen molar-refractivity contribution >= 4 is 0 Å². The largest absolute Gasteiger partial charge is 0.316 e. The molecule has 0 radical (unpaired) electrons. The lowest BCUT2D eigenvalue weighted by atomic mass is 10.0. The molecule has 1 aromatic rings. The van der Waals surface area contributed by atoms with Crippen LogP contribution in [0.2, 0.25) is 0 Å². The number of nitrogens with one attached hydrogen (secondary N) is 1. The van der Waals surface area contributed by atoms with E-state index in [1.165, 1.54) is 23.4 Å². The average Bonchev–Trinajstić information content (AvgIpc) is 2.63. The summed E-state index contributed by atoms with van der Waals surface area (Å²) in [5, 5.41) is 8.22. The van der Waals surface area contributed by atoms with E-state index in [9.17, 15) is 0 Å². The first-order valence-corrected chi connectivity index (χ1v) is 7.28. The molecule has 18 heavy (non-hydrogen) atoms. The van der Waals surface area contributed by atoms with E-state index >= 15 is 0 Å². The lowest BCUT2D eigenvalue weighted by Gasteiger charge is -2.22. The summed E-state index contributed by atoms with van der Waals surface area (Å²) in [5.41, 5.74) is 3.94. The van der Waals surface area contributed by atoms with Crippen LogP contribution in [-0.2, 0) is 6.42 Å². The van der Waals surface area contributed by atoms with Crippen LogP contribution in [0.25, 0.3) is 0 Å². The molecule has 1 aromatic heterocycles. The van der Waals surface area contributed by atoms with Gasteiger partial charge in [-0.25, -0.2) is 0 Å². The van der Waals surface area contributed by atoms with E-state index in [4.69, 9.17) is 5.10 Å². The van der Waals surface area contributed by atoms with E-state index in [0.717, 1.165) is 19.5 Å². The highest BCUT2D eigenvalue weighted by Crippen LogP contribution is 2.22. The van der Waals surface area contributed by atoms with Crippen LogP contribution in [0.1, 0.15) is 57.1 Å². The van der Waals surface area contributed by atoms with Crippen LogP contribution in [0.5, 0.6) is 0 Å². The smallest absolute Gasteiger partial charge is 0.0628 e. The number of hydrogen-bond acceptors (Lipinski definition) is 2. The van der Waals surface area contributed by atoms with Crippen molar-refractivity contribution in [3.63, 3.8) is 0 Å². The first-order valence-electron chi connectivity index (χ1n) is 7.28. The Kier molecular flexibility index (Phi) is 5.86. The molecule has 0 saturated heterocycles. The molecule has 3 nitrogen and oxygen atoms in total. The summed E-state index contributed by atoms with van der Waals surface area (Å²) in [6.45, 7) is 15.5. The van der Waals surface area contributed by atoms with E-state index in [0.29, 0.717) is 12.0 Å². The highest BCUT2D eigenvalue weighted by Gasteiger charge is 2.19. The monoisotopic (exact) mass is 251 g/mol. The van der Waals surface area contributed by atoms with Crippen LogP contribution in [0.3, 0.4) is 0 Å². The standard InChI is InChI=1S/C15H29N3/c1-7-9-16-10-11(3)13(5)18-14(6)15(8-2)12(4)17-18/h11,13,16H,7-10H2,1-6H3. The average molecular weight is 251 g/mol. The lowest BCUT2D eigenvalue weighted by Crippen LogP contribution is -2.28. The van der Waals surface area contributed by atoms with Crippen LogP contribution in [-0.4, -0.2) is 22.9 Å². The zero-order valence-electron chi connectivity index (χ0n) is 12.9. The van der Waals surface area contributed by atoms with Crippen molar-refractivity contribution in [3.8, 4) is 0 Å². The number of rotatable bonds is 7. The summed E-state index contributed by atoms with van der Waals surface area (Å²) in [6.07, 6.45) is 2.27. The lowest BCUT2D eigenvalue weighted by molar-refractivity contribution is 0.331. The fourth-order valence-corrected chi connectivity index (χ4v) is 2.52. The van der Waals surface area contributed by atoms with Crippen molar-refractivity contribution in [1.29, 1.82) is 0 Å². The van der Waals surface area contributed by atoms with Gasteiger partial charge in [0, 0.05) is 5.69 Å². The number of hydrogen-bond donors (Lipinski definition) is 1. The highest BCUT2D eigenvalue weighted by molar-refractivity contribution is 5.24. The third kappa shape index (κ3) is 3.35. The van der Waals surface area contributed by atoms with Gasteiger partial charge < -0.3 is 5.32 Å². The summed E-state index contributed by atoms with van der Waals surface area (Å²) < 4.78 is 2.21.